The van der Waals surface area contributed by atoms with Crippen molar-refractivity contribution < 1.29 is 10.9 Å². The standard InChI is InChI=1S/C8H19NO2.H2S.H2/c1-8(2)11-7-6-10-5-4-9-3;;/h8-9H,4-7H2,1-3H3;1H2;1H. The van der Waals surface area contributed by atoms with Crippen LogP contribution < -0.4 is 5.32 Å². The van der Waals surface area contributed by atoms with Crippen LogP contribution in [0.3, 0.4) is 0 Å². The van der Waals surface area contributed by atoms with Crippen molar-refractivity contribution in [3.8, 4) is 0 Å². The zero-order chi connectivity index (χ0) is 8.53. The minimum absolute atomic E-state index is 0. The second-order valence-corrected chi connectivity index (χ2v) is 2.64. The molecule has 0 aromatic heterocycles. The molecule has 0 heterocycles. The Morgan fingerprint density at radius 1 is 1.25 bits per heavy atom. The van der Waals surface area contributed by atoms with Crippen molar-refractivity contribution in [1.29, 1.82) is 0 Å². The van der Waals surface area contributed by atoms with Crippen LogP contribution in [0.25, 0.3) is 0 Å². The van der Waals surface area contributed by atoms with Gasteiger partial charge in [0, 0.05) is 7.97 Å². The minimum Gasteiger partial charge on any atom is -0.378 e. The van der Waals surface area contributed by atoms with Crippen LogP contribution >= 0.6 is 13.5 Å². The van der Waals surface area contributed by atoms with Crippen LogP contribution in [0.2, 0.25) is 0 Å². The Bertz CT molecular complexity index is 86.5. The first kappa shape index (κ1) is 14.7. The smallest absolute Gasteiger partial charge is 0.0703 e. The van der Waals surface area contributed by atoms with E-state index in [0.29, 0.717) is 19.3 Å². The lowest BCUT2D eigenvalue weighted by Crippen LogP contribution is -2.17. The molecule has 4 heteroatoms. The summed E-state index contributed by atoms with van der Waals surface area (Å²) in [5.74, 6) is 0. The number of rotatable bonds is 7. The van der Waals surface area contributed by atoms with Gasteiger partial charge in [-0.25, -0.2) is 0 Å². The van der Waals surface area contributed by atoms with Gasteiger partial charge in [0.15, 0.2) is 0 Å². The molecule has 0 aliphatic heterocycles. The summed E-state index contributed by atoms with van der Waals surface area (Å²) in [6.45, 7) is 7.10. The van der Waals surface area contributed by atoms with Gasteiger partial charge in [-0.15, -0.1) is 0 Å². The number of likely N-dealkylation sites (N-methyl/N-ethyl adjacent to an activating group) is 1. The molecule has 0 radical (unpaired) electrons. The second kappa shape index (κ2) is 11.2. The summed E-state index contributed by atoms with van der Waals surface area (Å²) in [4.78, 5) is 0. The highest BCUT2D eigenvalue weighted by Gasteiger charge is 1.91. The SMILES string of the molecule is CNCCOCCOC(C)C.S.[HH]. The molecule has 0 aromatic rings. The van der Waals surface area contributed by atoms with Crippen LogP contribution in [0.4, 0.5) is 0 Å². The van der Waals surface area contributed by atoms with Gasteiger partial charge in [0.1, 0.15) is 0 Å². The van der Waals surface area contributed by atoms with Crippen LogP contribution in [0, 0.1) is 0 Å². The van der Waals surface area contributed by atoms with E-state index in [1.807, 2.05) is 20.9 Å². The molecule has 0 amide bonds. The Balaban J connectivity index is -0.000000500. The molecule has 1 N–H and O–H groups in total. The fourth-order valence-electron chi connectivity index (χ4n) is 0.619. The first-order valence-electron chi connectivity index (χ1n) is 4.11. The predicted octanol–water partition coefficient (Wildman–Crippen LogP) is 1.01. The number of hydrogen-bond donors (Lipinski definition) is 1. The molecule has 3 nitrogen and oxygen atoms in total. The average molecular weight is 197 g/mol. The van der Waals surface area contributed by atoms with Crippen molar-refractivity contribution in [2.24, 2.45) is 0 Å². The van der Waals surface area contributed by atoms with Gasteiger partial charge in [0.25, 0.3) is 0 Å². The Kier molecular flexibility index (Phi) is 13.8. The van der Waals surface area contributed by atoms with Crippen LogP contribution in [0.15, 0.2) is 0 Å². The first-order chi connectivity index (χ1) is 5.27. The van der Waals surface area contributed by atoms with E-state index in [4.69, 9.17) is 9.47 Å². The summed E-state index contributed by atoms with van der Waals surface area (Å²) in [5.41, 5.74) is 0. The Morgan fingerprint density at radius 3 is 2.42 bits per heavy atom. The van der Waals surface area contributed by atoms with Crippen molar-refractivity contribution in [3.63, 3.8) is 0 Å². The van der Waals surface area contributed by atoms with E-state index in [-0.39, 0.29) is 14.9 Å². The van der Waals surface area contributed by atoms with Gasteiger partial charge < -0.3 is 14.8 Å². The molecular weight excluding hydrogens is 174 g/mol. The molecule has 0 spiro atoms. The maximum atomic E-state index is 5.28. The molecule has 0 bridgehead atoms. The molecule has 0 saturated heterocycles. The van der Waals surface area contributed by atoms with Gasteiger partial charge in [0.05, 0.1) is 25.9 Å². The Labute approximate surface area is 83.7 Å². The van der Waals surface area contributed by atoms with Crippen LogP contribution in [-0.2, 0) is 9.47 Å². The molecule has 0 atom stereocenters. The molecule has 12 heavy (non-hydrogen) atoms. The maximum absolute atomic E-state index is 5.28. The van der Waals surface area contributed by atoms with E-state index >= 15 is 0 Å². The summed E-state index contributed by atoms with van der Waals surface area (Å²) in [6.07, 6.45) is 0.308. The lowest BCUT2D eigenvalue weighted by atomic mass is 10.5. The van der Waals surface area contributed by atoms with E-state index in [9.17, 15) is 0 Å². The zero-order valence-corrected chi connectivity index (χ0v) is 9.22. The van der Waals surface area contributed by atoms with Crippen molar-refractivity contribution in [2.75, 3.05) is 33.4 Å². The molecule has 0 aromatic carbocycles. The van der Waals surface area contributed by atoms with Gasteiger partial charge in [-0.05, 0) is 20.9 Å². The summed E-state index contributed by atoms with van der Waals surface area (Å²) in [5, 5.41) is 3.00. The average Bonchev–Trinajstić information content (AvgIpc) is 1.96. The van der Waals surface area contributed by atoms with E-state index in [1.54, 1.807) is 0 Å². The van der Waals surface area contributed by atoms with Gasteiger partial charge in [-0.2, -0.15) is 13.5 Å². The summed E-state index contributed by atoms with van der Waals surface area (Å²) in [6, 6.07) is 0. The Morgan fingerprint density at radius 2 is 1.92 bits per heavy atom. The zero-order valence-electron chi connectivity index (χ0n) is 8.22. The normalized spacial score (nSPS) is 10.0. The number of nitrogens with one attached hydrogen (secondary N) is 1. The number of ether oxygens (including phenoxy) is 2. The van der Waals surface area contributed by atoms with Crippen molar-refractivity contribution >= 4 is 13.5 Å². The fourth-order valence-corrected chi connectivity index (χ4v) is 0.619. The first-order valence-corrected chi connectivity index (χ1v) is 4.11. The number of hydrogen-bond acceptors (Lipinski definition) is 3. The third kappa shape index (κ3) is 12.9. The van der Waals surface area contributed by atoms with E-state index in [0.717, 1.165) is 13.2 Å². The van der Waals surface area contributed by atoms with E-state index in [1.165, 1.54) is 0 Å². The van der Waals surface area contributed by atoms with Crippen LogP contribution in [0.1, 0.15) is 15.3 Å². The second-order valence-electron chi connectivity index (χ2n) is 2.64. The lowest BCUT2D eigenvalue weighted by Gasteiger charge is -2.07. The molecule has 0 aliphatic carbocycles. The third-order valence-electron chi connectivity index (χ3n) is 1.18. The summed E-state index contributed by atoms with van der Waals surface area (Å²) in [7, 11) is 1.91. The third-order valence-corrected chi connectivity index (χ3v) is 1.18. The molecular formula is C8H23NO2S. The fraction of sp³-hybridized carbons (Fsp3) is 1.00. The predicted molar refractivity (Wildman–Crippen MR) is 58.3 cm³/mol. The van der Waals surface area contributed by atoms with Crippen molar-refractivity contribution in [1.82, 2.24) is 5.32 Å². The van der Waals surface area contributed by atoms with Gasteiger partial charge in [-0.3, -0.25) is 0 Å². The quantitative estimate of drug-likeness (QED) is 0.618. The maximum Gasteiger partial charge on any atom is 0.0703 e. The highest BCUT2D eigenvalue weighted by molar-refractivity contribution is 7.59. The van der Waals surface area contributed by atoms with Crippen LogP contribution in [-0.4, -0.2) is 39.5 Å². The van der Waals surface area contributed by atoms with E-state index in [2.05, 4.69) is 5.32 Å². The van der Waals surface area contributed by atoms with Gasteiger partial charge in [0.2, 0.25) is 0 Å². The molecule has 0 aliphatic rings. The van der Waals surface area contributed by atoms with Crippen LogP contribution in [0.5, 0.6) is 0 Å². The highest BCUT2D eigenvalue weighted by Crippen LogP contribution is 1.86. The monoisotopic (exact) mass is 197 g/mol. The summed E-state index contributed by atoms with van der Waals surface area (Å²) >= 11 is 0. The lowest BCUT2D eigenvalue weighted by molar-refractivity contribution is 0.0207. The molecule has 0 unspecified atom stereocenters. The summed E-state index contributed by atoms with van der Waals surface area (Å²) < 4.78 is 10.5. The van der Waals surface area contributed by atoms with Gasteiger partial charge >= 0.3 is 0 Å². The highest BCUT2D eigenvalue weighted by atomic mass is 32.1. The largest absolute Gasteiger partial charge is 0.378 e. The molecule has 0 fully saturated rings. The van der Waals surface area contributed by atoms with Crippen molar-refractivity contribution in [3.05, 3.63) is 0 Å². The van der Waals surface area contributed by atoms with Gasteiger partial charge in [-0.1, -0.05) is 0 Å². The molecule has 0 saturated carbocycles. The molecule has 0 rings (SSSR count). The van der Waals surface area contributed by atoms with Crippen molar-refractivity contribution in [2.45, 2.75) is 20.0 Å². The Hall–Kier alpha value is 0.230. The topological polar surface area (TPSA) is 30.5 Å². The minimum atomic E-state index is 0. The molecule has 78 valence electrons. The van der Waals surface area contributed by atoms with E-state index < -0.39 is 0 Å².